The molecule has 0 atom stereocenters. The van der Waals surface area contributed by atoms with E-state index in [1.165, 1.54) is 19.3 Å². The monoisotopic (exact) mass is 240 g/mol. The number of carbonyl (C=O) groups is 1. The summed E-state index contributed by atoms with van der Waals surface area (Å²) in [4.78, 5) is 14.4. The Labute approximate surface area is 104 Å². The Kier molecular flexibility index (Phi) is 4.80. The van der Waals surface area contributed by atoms with Crippen molar-refractivity contribution < 1.29 is 9.53 Å². The van der Waals surface area contributed by atoms with Crippen LogP contribution in [0.15, 0.2) is 0 Å². The highest BCUT2D eigenvalue weighted by molar-refractivity contribution is 5.77. The lowest BCUT2D eigenvalue weighted by Gasteiger charge is -2.44. The normalized spacial score (nSPS) is 22.2. The summed E-state index contributed by atoms with van der Waals surface area (Å²) in [6.07, 6.45) is 6.43. The molecular formula is C13H24N2O2. The van der Waals surface area contributed by atoms with Gasteiger partial charge in [0, 0.05) is 19.2 Å². The number of nitrogens with one attached hydrogen (secondary N) is 1. The standard InChI is InChI=1S/C13H24N2O2/c1-17-10-7-13(16)15(11-3-2-4-11)12-5-8-14-9-6-12/h11-12,14H,2-10H2,1H3. The van der Waals surface area contributed by atoms with Gasteiger partial charge in [-0.3, -0.25) is 4.79 Å². The zero-order valence-electron chi connectivity index (χ0n) is 10.8. The number of piperidine rings is 1. The third-order valence-corrected chi connectivity index (χ3v) is 3.98. The van der Waals surface area contributed by atoms with Gasteiger partial charge < -0.3 is 15.0 Å². The van der Waals surface area contributed by atoms with Crippen LogP contribution in [0.2, 0.25) is 0 Å². The molecule has 0 aromatic carbocycles. The molecule has 2 rings (SSSR count). The van der Waals surface area contributed by atoms with Gasteiger partial charge in [-0.05, 0) is 45.2 Å². The predicted molar refractivity (Wildman–Crippen MR) is 66.9 cm³/mol. The topological polar surface area (TPSA) is 41.6 Å². The molecule has 0 radical (unpaired) electrons. The van der Waals surface area contributed by atoms with Gasteiger partial charge in [0.05, 0.1) is 13.0 Å². The zero-order valence-corrected chi connectivity index (χ0v) is 10.8. The number of amides is 1. The minimum atomic E-state index is 0.295. The molecule has 0 bridgehead atoms. The fourth-order valence-corrected chi connectivity index (χ4v) is 2.77. The Morgan fingerprint density at radius 2 is 1.88 bits per heavy atom. The number of methoxy groups -OCH3 is 1. The lowest BCUT2D eigenvalue weighted by molar-refractivity contribution is -0.140. The molecule has 4 nitrogen and oxygen atoms in total. The van der Waals surface area contributed by atoms with Gasteiger partial charge in [-0.2, -0.15) is 0 Å². The highest BCUT2D eigenvalue weighted by Crippen LogP contribution is 2.29. The Bertz CT molecular complexity index is 248. The van der Waals surface area contributed by atoms with E-state index in [2.05, 4.69) is 10.2 Å². The second-order valence-corrected chi connectivity index (χ2v) is 5.11. The number of carbonyl (C=O) groups excluding carboxylic acids is 1. The summed E-state index contributed by atoms with van der Waals surface area (Å²) >= 11 is 0. The molecule has 2 aliphatic rings. The molecule has 0 spiro atoms. The molecule has 17 heavy (non-hydrogen) atoms. The van der Waals surface area contributed by atoms with E-state index in [4.69, 9.17) is 4.74 Å². The Hall–Kier alpha value is -0.610. The van der Waals surface area contributed by atoms with Gasteiger partial charge in [-0.15, -0.1) is 0 Å². The van der Waals surface area contributed by atoms with E-state index >= 15 is 0 Å². The largest absolute Gasteiger partial charge is 0.384 e. The van der Waals surface area contributed by atoms with Crippen molar-refractivity contribution in [2.24, 2.45) is 0 Å². The van der Waals surface area contributed by atoms with Gasteiger partial charge in [0.2, 0.25) is 5.91 Å². The Balaban J connectivity index is 1.93. The maximum Gasteiger partial charge on any atom is 0.225 e. The molecule has 2 fully saturated rings. The fourth-order valence-electron chi connectivity index (χ4n) is 2.77. The number of ether oxygens (including phenoxy) is 1. The second kappa shape index (κ2) is 6.36. The van der Waals surface area contributed by atoms with Crippen LogP contribution in [0.1, 0.15) is 38.5 Å². The number of hydrogen-bond acceptors (Lipinski definition) is 3. The lowest BCUT2D eigenvalue weighted by atomic mass is 9.88. The molecule has 1 saturated carbocycles. The van der Waals surface area contributed by atoms with Crippen molar-refractivity contribution in [2.75, 3.05) is 26.8 Å². The lowest BCUT2D eigenvalue weighted by Crippen LogP contribution is -2.53. The first-order chi connectivity index (χ1) is 8.33. The molecule has 98 valence electrons. The van der Waals surface area contributed by atoms with Crippen LogP contribution < -0.4 is 5.32 Å². The summed E-state index contributed by atoms with van der Waals surface area (Å²) in [7, 11) is 1.66. The molecule has 4 heteroatoms. The molecule has 1 heterocycles. The van der Waals surface area contributed by atoms with Crippen LogP contribution in [0, 0.1) is 0 Å². The number of nitrogens with zero attached hydrogens (tertiary/aromatic N) is 1. The van der Waals surface area contributed by atoms with E-state index in [0.29, 0.717) is 31.0 Å². The van der Waals surface area contributed by atoms with Gasteiger partial charge in [0.1, 0.15) is 0 Å². The Morgan fingerprint density at radius 3 is 2.41 bits per heavy atom. The van der Waals surface area contributed by atoms with E-state index < -0.39 is 0 Å². The summed E-state index contributed by atoms with van der Waals surface area (Å²) in [5.41, 5.74) is 0. The molecule has 1 aliphatic carbocycles. The van der Waals surface area contributed by atoms with E-state index in [1.54, 1.807) is 7.11 Å². The summed E-state index contributed by atoms with van der Waals surface area (Å²) in [5.74, 6) is 0.295. The van der Waals surface area contributed by atoms with Crippen molar-refractivity contribution in [1.82, 2.24) is 10.2 Å². The molecule has 1 aliphatic heterocycles. The van der Waals surface area contributed by atoms with Gasteiger partial charge in [0.25, 0.3) is 0 Å². The predicted octanol–water partition coefficient (Wildman–Crippen LogP) is 1.16. The van der Waals surface area contributed by atoms with Gasteiger partial charge in [0.15, 0.2) is 0 Å². The van der Waals surface area contributed by atoms with Crippen LogP contribution in [0.25, 0.3) is 0 Å². The first-order valence-corrected chi connectivity index (χ1v) is 6.83. The minimum absolute atomic E-state index is 0.295. The molecule has 0 unspecified atom stereocenters. The van der Waals surface area contributed by atoms with Gasteiger partial charge in [-0.25, -0.2) is 0 Å². The van der Waals surface area contributed by atoms with Crippen LogP contribution in [-0.2, 0) is 9.53 Å². The van der Waals surface area contributed by atoms with E-state index in [-0.39, 0.29) is 0 Å². The molecule has 0 aromatic rings. The average molecular weight is 240 g/mol. The average Bonchev–Trinajstić information content (AvgIpc) is 2.31. The highest BCUT2D eigenvalue weighted by Gasteiger charge is 2.34. The van der Waals surface area contributed by atoms with Crippen molar-refractivity contribution in [3.63, 3.8) is 0 Å². The third-order valence-electron chi connectivity index (χ3n) is 3.98. The Morgan fingerprint density at radius 1 is 1.24 bits per heavy atom. The molecule has 0 aromatic heterocycles. The fraction of sp³-hybridized carbons (Fsp3) is 0.923. The third kappa shape index (κ3) is 3.19. The SMILES string of the molecule is COCCC(=O)N(C1CCC1)C1CCNCC1. The maximum absolute atomic E-state index is 12.3. The van der Waals surface area contributed by atoms with Crippen molar-refractivity contribution in [2.45, 2.75) is 50.6 Å². The quantitative estimate of drug-likeness (QED) is 0.784. The van der Waals surface area contributed by atoms with Crippen LogP contribution >= 0.6 is 0 Å². The van der Waals surface area contributed by atoms with Crippen molar-refractivity contribution in [1.29, 1.82) is 0 Å². The number of rotatable bonds is 5. The zero-order chi connectivity index (χ0) is 12.1. The summed E-state index contributed by atoms with van der Waals surface area (Å²) in [6.45, 7) is 2.64. The van der Waals surface area contributed by atoms with Crippen LogP contribution in [0.4, 0.5) is 0 Å². The van der Waals surface area contributed by atoms with Crippen LogP contribution in [-0.4, -0.2) is 49.7 Å². The van der Waals surface area contributed by atoms with Gasteiger partial charge in [-0.1, -0.05) is 0 Å². The van der Waals surface area contributed by atoms with E-state index in [0.717, 1.165) is 25.9 Å². The van der Waals surface area contributed by atoms with E-state index in [1.807, 2.05) is 0 Å². The van der Waals surface area contributed by atoms with Crippen molar-refractivity contribution in [3.05, 3.63) is 0 Å². The maximum atomic E-state index is 12.3. The summed E-state index contributed by atoms with van der Waals surface area (Å²) < 4.78 is 5.02. The van der Waals surface area contributed by atoms with Crippen molar-refractivity contribution >= 4 is 5.91 Å². The van der Waals surface area contributed by atoms with Crippen LogP contribution in [0.5, 0.6) is 0 Å². The molecule has 1 saturated heterocycles. The second-order valence-electron chi connectivity index (χ2n) is 5.11. The van der Waals surface area contributed by atoms with Crippen molar-refractivity contribution in [3.8, 4) is 0 Å². The molecule has 1 amide bonds. The first-order valence-electron chi connectivity index (χ1n) is 6.83. The minimum Gasteiger partial charge on any atom is -0.384 e. The van der Waals surface area contributed by atoms with E-state index in [9.17, 15) is 4.79 Å². The van der Waals surface area contributed by atoms with Crippen LogP contribution in [0.3, 0.4) is 0 Å². The summed E-state index contributed by atoms with van der Waals surface area (Å²) in [5, 5.41) is 3.36. The smallest absolute Gasteiger partial charge is 0.225 e. The molecule has 1 N–H and O–H groups in total. The highest BCUT2D eigenvalue weighted by atomic mass is 16.5. The summed E-state index contributed by atoms with van der Waals surface area (Å²) in [6, 6.07) is 0.980. The molecular weight excluding hydrogens is 216 g/mol. The first kappa shape index (κ1) is 12.8. The van der Waals surface area contributed by atoms with Gasteiger partial charge >= 0.3 is 0 Å². The number of hydrogen-bond donors (Lipinski definition) is 1.